The molecule has 0 saturated heterocycles. The second-order valence-electron chi connectivity index (χ2n) is 2.92. The summed E-state index contributed by atoms with van der Waals surface area (Å²) in [6.07, 6.45) is 0.396. The first-order valence-corrected chi connectivity index (χ1v) is 7.54. The molecule has 104 valence electrons. The molecule has 17 heavy (non-hydrogen) atoms. The lowest BCUT2D eigenvalue weighted by molar-refractivity contribution is -0.0848. The van der Waals surface area contributed by atoms with Crippen LogP contribution in [0.25, 0.3) is 0 Å². The maximum Gasteiger partial charge on any atom is 0.505 e. The second kappa shape index (κ2) is 10.5. The molecule has 0 fully saturated rings. The summed E-state index contributed by atoms with van der Waals surface area (Å²) >= 11 is 11.0. The zero-order chi connectivity index (χ0) is 13.1. The van der Waals surface area contributed by atoms with Crippen LogP contribution in [0, 0.1) is 0 Å². The zero-order valence-corrected chi connectivity index (χ0v) is 11.6. The zero-order valence-electron chi connectivity index (χ0n) is 9.22. The number of aliphatic hydroxyl groups is 1. The van der Waals surface area contributed by atoms with E-state index in [4.69, 9.17) is 32.9 Å². The molecular weight excluding hydrogens is 294 g/mol. The molecule has 0 saturated carbocycles. The predicted octanol–water partition coefficient (Wildman–Crippen LogP) is 0.702. The Morgan fingerprint density at radius 2 is 1.88 bits per heavy atom. The van der Waals surface area contributed by atoms with Crippen molar-refractivity contribution in [3.63, 3.8) is 0 Å². The van der Waals surface area contributed by atoms with Gasteiger partial charge in [0.25, 0.3) is 0 Å². The van der Waals surface area contributed by atoms with E-state index in [-0.39, 0.29) is 38.0 Å². The van der Waals surface area contributed by atoms with Gasteiger partial charge >= 0.3 is 7.82 Å². The number of nitrogens with one attached hydrogen (secondary N) is 1. The SMILES string of the molecule is O=P(O)(ONCCCO)ON(CCCl)CCCl. The number of hydrogen-bond acceptors (Lipinski definition) is 6. The predicted molar refractivity (Wildman–Crippen MR) is 64.7 cm³/mol. The molecule has 10 heteroatoms. The van der Waals surface area contributed by atoms with Crippen molar-refractivity contribution in [3.05, 3.63) is 0 Å². The summed E-state index contributed by atoms with van der Waals surface area (Å²) in [5, 5.41) is 9.65. The molecule has 0 amide bonds. The van der Waals surface area contributed by atoms with Gasteiger partial charge < -0.3 is 10.00 Å². The van der Waals surface area contributed by atoms with E-state index in [1.165, 1.54) is 0 Å². The Labute approximate surface area is 110 Å². The van der Waals surface area contributed by atoms with E-state index in [0.717, 1.165) is 5.06 Å². The van der Waals surface area contributed by atoms with Crippen molar-refractivity contribution in [2.24, 2.45) is 0 Å². The molecule has 0 aliphatic heterocycles. The van der Waals surface area contributed by atoms with Crippen LogP contribution in [0.4, 0.5) is 0 Å². The van der Waals surface area contributed by atoms with Crippen LogP contribution in [0.2, 0.25) is 0 Å². The molecule has 0 aromatic heterocycles. The number of rotatable bonds is 11. The van der Waals surface area contributed by atoms with Gasteiger partial charge in [-0.15, -0.1) is 23.2 Å². The second-order valence-corrected chi connectivity index (χ2v) is 4.96. The quantitative estimate of drug-likeness (QED) is 0.224. The third kappa shape index (κ3) is 10.2. The van der Waals surface area contributed by atoms with Crippen LogP contribution in [-0.4, -0.2) is 53.1 Å². The standard InChI is InChI=1S/C7H17Cl2N2O5P/c8-2-5-11(6-3-9)16-17(13,14)15-10-4-1-7-12/h10,12H,1-7H2,(H,13,14). The smallest absolute Gasteiger partial charge is 0.396 e. The Balaban J connectivity index is 3.97. The van der Waals surface area contributed by atoms with E-state index < -0.39 is 7.82 Å². The first-order valence-electron chi connectivity index (χ1n) is 4.97. The highest BCUT2D eigenvalue weighted by molar-refractivity contribution is 7.47. The van der Waals surface area contributed by atoms with Gasteiger partial charge in [0.15, 0.2) is 0 Å². The number of aliphatic hydroxyl groups excluding tert-OH is 1. The molecule has 0 aromatic carbocycles. The molecule has 0 aromatic rings. The van der Waals surface area contributed by atoms with Crippen LogP contribution >= 0.6 is 31.0 Å². The Bertz CT molecular complexity index is 230. The Morgan fingerprint density at radius 3 is 2.35 bits per heavy atom. The number of nitrogens with zero attached hydrogens (tertiary/aromatic N) is 1. The minimum Gasteiger partial charge on any atom is -0.396 e. The molecule has 3 N–H and O–H groups in total. The Hall–Kier alpha value is 0.570. The Kier molecular flexibility index (Phi) is 10.8. The number of hydrogen-bond donors (Lipinski definition) is 3. The molecule has 0 heterocycles. The lowest BCUT2D eigenvalue weighted by Crippen LogP contribution is -2.28. The van der Waals surface area contributed by atoms with Gasteiger partial charge in [-0.3, -0.25) is 0 Å². The molecule has 1 unspecified atom stereocenters. The fraction of sp³-hybridized carbons (Fsp3) is 1.00. The van der Waals surface area contributed by atoms with Gasteiger partial charge in [0, 0.05) is 38.0 Å². The van der Waals surface area contributed by atoms with Crippen molar-refractivity contribution in [2.75, 3.05) is 38.0 Å². The normalized spacial score (nSPS) is 15.1. The fourth-order valence-electron chi connectivity index (χ4n) is 0.823. The third-order valence-electron chi connectivity index (χ3n) is 1.50. The van der Waals surface area contributed by atoms with Crippen LogP contribution in [0.3, 0.4) is 0 Å². The number of phosphoric acid groups is 1. The monoisotopic (exact) mass is 310 g/mol. The van der Waals surface area contributed by atoms with Crippen LogP contribution in [0.1, 0.15) is 6.42 Å². The number of halogens is 2. The summed E-state index contributed by atoms with van der Waals surface area (Å²) in [7, 11) is -4.23. The number of hydroxylamine groups is 3. The van der Waals surface area contributed by atoms with Crippen molar-refractivity contribution >= 4 is 31.0 Å². The summed E-state index contributed by atoms with van der Waals surface area (Å²) in [5.74, 6) is 0.462. The van der Waals surface area contributed by atoms with Gasteiger partial charge in [-0.2, -0.15) is 19.8 Å². The van der Waals surface area contributed by atoms with E-state index in [2.05, 4.69) is 10.1 Å². The van der Waals surface area contributed by atoms with Gasteiger partial charge in [-0.05, 0) is 6.42 Å². The molecular formula is C7H17Cl2N2O5P. The molecule has 0 aliphatic rings. The fourth-order valence-corrected chi connectivity index (χ4v) is 1.94. The Morgan fingerprint density at radius 1 is 1.29 bits per heavy atom. The molecule has 0 bridgehead atoms. The first-order chi connectivity index (χ1) is 8.05. The number of alkyl halides is 2. The summed E-state index contributed by atoms with van der Waals surface area (Å²) in [6, 6.07) is 0. The minimum absolute atomic E-state index is 0.0441. The molecule has 1 atom stereocenters. The van der Waals surface area contributed by atoms with Crippen molar-refractivity contribution in [3.8, 4) is 0 Å². The van der Waals surface area contributed by atoms with E-state index in [1.807, 2.05) is 0 Å². The van der Waals surface area contributed by atoms with E-state index >= 15 is 0 Å². The maximum atomic E-state index is 11.4. The highest BCUT2D eigenvalue weighted by Gasteiger charge is 2.25. The average molecular weight is 311 g/mol. The summed E-state index contributed by atoms with van der Waals surface area (Å²) in [4.78, 5) is 9.30. The lowest BCUT2D eigenvalue weighted by atomic mass is 10.5. The van der Waals surface area contributed by atoms with Crippen molar-refractivity contribution < 1.29 is 23.8 Å². The first kappa shape index (κ1) is 17.6. The maximum absolute atomic E-state index is 11.4. The van der Waals surface area contributed by atoms with E-state index in [9.17, 15) is 9.46 Å². The highest BCUT2D eigenvalue weighted by atomic mass is 35.5. The minimum atomic E-state index is -4.23. The summed E-state index contributed by atoms with van der Waals surface area (Å²) in [6.45, 7) is 0.685. The van der Waals surface area contributed by atoms with Gasteiger partial charge in [0.2, 0.25) is 0 Å². The van der Waals surface area contributed by atoms with Gasteiger partial charge in [-0.25, -0.2) is 4.57 Å². The van der Waals surface area contributed by atoms with Crippen LogP contribution in [-0.2, 0) is 13.8 Å². The van der Waals surface area contributed by atoms with Crippen LogP contribution in [0.5, 0.6) is 0 Å². The molecule has 7 nitrogen and oxygen atoms in total. The van der Waals surface area contributed by atoms with Gasteiger partial charge in [0.1, 0.15) is 0 Å². The molecule has 0 aliphatic carbocycles. The van der Waals surface area contributed by atoms with Crippen LogP contribution in [0.15, 0.2) is 0 Å². The summed E-state index contributed by atoms with van der Waals surface area (Å²) < 4.78 is 20.6. The molecule has 0 rings (SSSR count). The van der Waals surface area contributed by atoms with Gasteiger partial charge in [-0.1, -0.05) is 0 Å². The average Bonchev–Trinajstić information content (AvgIpc) is 2.25. The van der Waals surface area contributed by atoms with Crippen molar-refractivity contribution in [1.82, 2.24) is 10.5 Å². The third-order valence-corrected chi connectivity index (χ3v) is 2.64. The van der Waals surface area contributed by atoms with Gasteiger partial charge in [0.05, 0.1) is 0 Å². The van der Waals surface area contributed by atoms with E-state index in [0.29, 0.717) is 6.42 Å². The van der Waals surface area contributed by atoms with E-state index in [1.54, 1.807) is 0 Å². The molecule has 0 spiro atoms. The topological polar surface area (TPSA) is 91.3 Å². The van der Waals surface area contributed by atoms with Crippen LogP contribution < -0.4 is 5.48 Å². The largest absolute Gasteiger partial charge is 0.505 e. The van der Waals surface area contributed by atoms with Crippen molar-refractivity contribution in [1.29, 1.82) is 0 Å². The highest BCUT2D eigenvalue weighted by Crippen LogP contribution is 2.42. The molecule has 0 radical (unpaired) electrons. The lowest BCUT2D eigenvalue weighted by Gasteiger charge is -2.21. The summed E-state index contributed by atoms with van der Waals surface area (Å²) in [5.41, 5.74) is 2.23. The van der Waals surface area contributed by atoms with Crippen molar-refractivity contribution in [2.45, 2.75) is 6.42 Å².